The zero-order chi connectivity index (χ0) is 21.1. The van der Waals surface area contributed by atoms with E-state index < -0.39 is 0 Å². The SMILES string of the molecule is Cc1ccc(-c2nnc(SCC(=O)c3ccc(F)cc3)n2-c2ccc(Cl)cc2)cc1. The molecule has 1 aromatic heterocycles. The van der Waals surface area contributed by atoms with Crippen LogP contribution >= 0.6 is 23.4 Å². The molecule has 0 aliphatic carbocycles. The number of nitrogens with zero attached hydrogens (tertiary/aromatic N) is 3. The summed E-state index contributed by atoms with van der Waals surface area (Å²) in [6.45, 7) is 2.02. The molecule has 0 fully saturated rings. The molecule has 0 amide bonds. The zero-order valence-electron chi connectivity index (χ0n) is 16.0. The van der Waals surface area contributed by atoms with Gasteiger partial charge in [-0.05, 0) is 55.5 Å². The molecule has 0 saturated heterocycles. The Morgan fingerprint density at radius 3 is 2.30 bits per heavy atom. The molecule has 0 bridgehead atoms. The van der Waals surface area contributed by atoms with Crippen LogP contribution in [0.15, 0.2) is 78.0 Å². The van der Waals surface area contributed by atoms with E-state index >= 15 is 0 Å². The van der Waals surface area contributed by atoms with Gasteiger partial charge in [0.15, 0.2) is 16.8 Å². The van der Waals surface area contributed by atoms with Crippen molar-refractivity contribution in [1.82, 2.24) is 14.8 Å². The molecule has 4 nitrogen and oxygen atoms in total. The third kappa shape index (κ3) is 4.45. The van der Waals surface area contributed by atoms with Gasteiger partial charge in [0.1, 0.15) is 5.82 Å². The summed E-state index contributed by atoms with van der Waals surface area (Å²) in [6, 6.07) is 20.9. The van der Waals surface area contributed by atoms with Gasteiger partial charge in [-0.1, -0.05) is 53.2 Å². The minimum atomic E-state index is -0.371. The Morgan fingerprint density at radius 1 is 0.967 bits per heavy atom. The maximum absolute atomic E-state index is 13.1. The maximum Gasteiger partial charge on any atom is 0.196 e. The van der Waals surface area contributed by atoms with Gasteiger partial charge < -0.3 is 0 Å². The molecule has 1 heterocycles. The molecule has 0 saturated carbocycles. The van der Waals surface area contributed by atoms with Crippen LogP contribution in [0.1, 0.15) is 15.9 Å². The minimum Gasteiger partial charge on any atom is -0.293 e. The predicted octanol–water partition coefficient (Wildman–Crippen LogP) is 6.01. The van der Waals surface area contributed by atoms with Crippen LogP contribution in [0.4, 0.5) is 4.39 Å². The molecule has 7 heteroatoms. The van der Waals surface area contributed by atoms with E-state index in [1.165, 1.54) is 36.0 Å². The molecule has 0 aliphatic heterocycles. The van der Waals surface area contributed by atoms with Gasteiger partial charge in [-0.15, -0.1) is 10.2 Å². The number of thioether (sulfide) groups is 1. The number of carbonyl (C=O) groups is 1. The Bertz CT molecular complexity index is 1170. The third-order valence-electron chi connectivity index (χ3n) is 4.53. The van der Waals surface area contributed by atoms with Crippen LogP contribution in [0.5, 0.6) is 0 Å². The van der Waals surface area contributed by atoms with Crippen molar-refractivity contribution in [3.63, 3.8) is 0 Å². The lowest BCUT2D eigenvalue weighted by atomic mass is 10.1. The van der Waals surface area contributed by atoms with Crippen molar-refractivity contribution >= 4 is 29.1 Å². The number of Topliss-reactive ketones (excluding diaryl/α,β-unsaturated/α-hetero) is 1. The Kier molecular flexibility index (Phi) is 5.97. The Labute approximate surface area is 182 Å². The molecule has 0 radical (unpaired) electrons. The van der Waals surface area contributed by atoms with Gasteiger partial charge >= 0.3 is 0 Å². The van der Waals surface area contributed by atoms with Crippen LogP contribution in [0.25, 0.3) is 17.1 Å². The zero-order valence-corrected chi connectivity index (χ0v) is 17.6. The smallest absolute Gasteiger partial charge is 0.196 e. The highest BCUT2D eigenvalue weighted by molar-refractivity contribution is 7.99. The first-order chi connectivity index (χ1) is 14.5. The summed E-state index contributed by atoms with van der Waals surface area (Å²) >= 11 is 7.34. The lowest BCUT2D eigenvalue weighted by Crippen LogP contribution is -2.05. The van der Waals surface area contributed by atoms with Crippen LogP contribution in [0, 0.1) is 12.7 Å². The summed E-state index contributed by atoms with van der Waals surface area (Å²) in [7, 11) is 0. The quantitative estimate of drug-likeness (QED) is 0.274. The van der Waals surface area contributed by atoms with E-state index in [0.29, 0.717) is 21.6 Å². The molecule has 150 valence electrons. The van der Waals surface area contributed by atoms with Gasteiger partial charge in [0.2, 0.25) is 0 Å². The van der Waals surface area contributed by atoms with E-state index in [-0.39, 0.29) is 17.4 Å². The van der Waals surface area contributed by atoms with Crippen molar-refractivity contribution in [2.75, 3.05) is 5.75 Å². The Morgan fingerprint density at radius 2 is 1.63 bits per heavy atom. The molecule has 0 spiro atoms. The van der Waals surface area contributed by atoms with Crippen LogP contribution in [-0.4, -0.2) is 26.3 Å². The van der Waals surface area contributed by atoms with E-state index in [0.717, 1.165) is 16.8 Å². The van der Waals surface area contributed by atoms with Crippen LogP contribution in [0.2, 0.25) is 5.02 Å². The maximum atomic E-state index is 13.1. The van der Waals surface area contributed by atoms with Gasteiger partial charge in [0.25, 0.3) is 0 Å². The van der Waals surface area contributed by atoms with E-state index in [1.54, 1.807) is 12.1 Å². The highest BCUT2D eigenvalue weighted by atomic mass is 35.5. The molecule has 0 N–H and O–H groups in total. The molecule has 0 aliphatic rings. The van der Waals surface area contributed by atoms with E-state index in [2.05, 4.69) is 10.2 Å². The number of halogens is 2. The number of carbonyl (C=O) groups excluding carboxylic acids is 1. The fourth-order valence-corrected chi connectivity index (χ4v) is 3.90. The second kappa shape index (κ2) is 8.81. The summed E-state index contributed by atoms with van der Waals surface area (Å²) in [5.74, 6) is 0.353. The Hall–Kier alpha value is -2.96. The predicted molar refractivity (Wildman–Crippen MR) is 118 cm³/mol. The molecule has 30 heavy (non-hydrogen) atoms. The molecule has 0 atom stereocenters. The highest BCUT2D eigenvalue weighted by Gasteiger charge is 2.18. The largest absolute Gasteiger partial charge is 0.293 e. The average Bonchev–Trinajstić information content (AvgIpc) is 3.17. The van der Waals surface area contributed by atoms with Gasteiger partial charge in [0.05, 0.1) is 5.75 Å². The first-order valence-electron chi connectivity index (χ1n) is 9.21. The van der Waals surface area contributed by atoms with Crippen molar-refractivity contribution in [3.8, 4) is 17.1 Å². The monoisotopic (exact) mass is 437 g/mol. The topological polar surface area (TPSA) is 47.8 Å². The van der Waals surface area contributed by atoms with Gasteiger partial charge in [-0.25, -0.2) is 4.39 Å². The highest BCUT2D eigenvalue weighted by Crippen LogP contribution is 2.29. The van der Waals surface area contributed by atoms with E-state index in [9.17, 15) is 9.18 Å². The number of hydrogen-bond donors (Lipinski definition) is 0. The second-order valence-electron chi connectivity index (χ2n) is 6.70. The van der Waals surface area contributed by atoms with E-state index in [1.807, 2.05) is 47.9 Å². The van der Waals surface area contributed by atoms with Crippen molar-refractivity contribution in [2.45, 2.75) is 12.1 Å². The second-order valence-corrected chi connectivity index (χ2v) is 8.08. The number of aromatic nitrogens is 3. The van der Waals surface area contributed by atoms with Crippen molar-refractivity contribution in [3.05, 3.63) is 94.8 Å². The first kappa shape index (κ1) is 20.3. The third-order valence-corrected chi connectivity index (χ3v) is 5.71. The van der Waals surface area contributed by atoms with Crippen LogP contribution < -0.4 is 0 Å². The molecular formula is C23H17ClFN3OS. The van der Waals surface area contributed by atoms with E-state index in [4.69, 9.17) is 11.6 Å². The van der Waals surface area contributed by atoms with Gasteiger partial charge in [0, 0.05) is 21.8 Å². The average molecular weight is 438 g/mol. The van der Waals surface area contributed by atoms with Gasteiger partial charge in [-0.3, -0.25) is 9.36 Å². The van der Waals surface area contributed by atoms with Gasteiger partial charge in [-0.2, -0.15) is 0 Å². The fourth-order valence-electron chi connectivity index (χ4n) is 2.93. The lowest BCUT2D eigenvalue weighted by molar-refractivity contribution is 0.102. The summed E-state index contributed by atoms with van der Waals surface area (Å²) in [4.78, 5) is 12.5. The van der Waals surface area contributed by atoms with Crippen LogP contribution in [-0.2, 0) is 0 Å². The molecular weight excluding hydrogens is 421 g/mol. The fraction of sp³-hybridized carbons (Fsp3) is 0.0870. The summed E-state index contributed by atoms with van der Waals surface area (Å²) in [5, 5.41) is 9.92. The number of ketones is 1. The first-order valence-corrected chi connectivity index (χ1v) is 10.6. The summed E-state index contributed by atoms with van der Waals surface area (Å²) < 4.78 is 15.0. The molecule has 4 rings (SSSR count). The van der Waals surface area contributed by atoms with Crippen LogP contribution in [0.3, 0.4) is 0 Å². The van der Waals surface area contributed by atoms with Crippen molar-refractivity contribution < 1.29 is 9.18 Å². The molecule has 3 aromatic carbocycles. The number of hydrogen-bond acceptors (Lipinski definition) is 4. The summed E-state index contributed by atoms with van der Waals surface area (Å²) in [5.41, 5.74) is 3.37. The number of aryl methyl sites for hydroxylation is 1. The standard InChI is InChI=1S/C23H17ClFN3OS/c1-15-2-4-17(5-3-15)22-26-27-23(28(22)20-12-8-18(24)9-13-20)30-14-21(29)16-6-10-19(25)11-7-16/h2-13H,14H2,1H3. The minimum absolute atomic E-state index is 0.109. The normalized spacial score (nSPS) is 10.9. The lowest BCUT2D eigenvalue weighted by Gasteiger charge is -2.10. The molecule has 0 unspecified atom stereocenters. The Balaban J connectivity index is 1.67. The number of rotatable bonds is 6. The molecule has 4 aromatic rings. The summed E-state index contributed by atoms with van der Waals surface area (Å²) in [6.07, 6.45) is 0. The van der Waals surface area contributed by atoms with Crippen molar-refractivity contribution in [1.29, 1.82) is 0 Å². The van der Waals surface area contributed by atoms with Crippen molar-refractivity contribution in [2.24, 2.45) is 0 Å². The number of benzene rings is 3.